The molecule has 21 heavy (non-hydrogen) atoms. The van der Waals surface area contributed by atoms with Crippen molar-refractivity contribution in [3.8, 4) is 0 Å². The third-order valence-electron chi connectivity index (χ3n) is 2.43. The summed E-state index contributed by atoms with van der Waals surface area (Å²) in [5, 5.41) is -4.97. The molecule has 0 aromatic heterocycles. The van der Waals surface area contributed by atoms with Gasteiger partial charge in [0.1, 0.15) is 6.61 Å². The predicted molar refractivity (Wildman–Crippen MR) is 74.6 cm³/mol. The molecule has 0 aliphatic rings. The summed E-state index contributed by atoms with van der Waals surface area (Å²) >= 11 is 1.71. The predicted octanol–water partition coefficient (Wildman–Crippen LogP) is 2.46. The maximum Gasteiger partial charge on any atom is 0.465 e. The summed E-state index contributed by atoms with van der Waals surface area (Å²) in [5.41, 5.74) is 1.46. The molecule has 0 atom stereocenters. The lowest BCUT2D eigenvalue weighted by Crippen LogP contribution is -2.38. The Kier molecular flexibility index (Phi) is 6.11. The minimum atomic E-state index is -5.83. The zero-order valence-electron chi connectivity index (χ0n) is 11.1. The highest BCUT2D eigenvalue weighted by Gasteiger charge is 2.54. The van der Waals surface area contributed by atoms with E-state index in [9.17, 15) is 22.0 Å². The number of ether oxygens (including phenoxy) is 1. The smallest absolute Gasteiger partial charge is 0.455 e. The van der Waals surface area contributed by atoms with Crippen LogP contribution in [0.2, 0.25) is 0 Å². The van der Waals surface area contributed by atoms with Crippen LogP contribution in [0.3, 0.4) is 0 Å². The van der Waals surface area contributed by atoms with Crippen LogP contribution < -0.4 is 0 Å². The largest absolute Gasteiger partial charge is 0.465 e. The fourth-order valence-corrected chi connectivity index (χ4v) is 2.19. The standard InChI is InChI=1S/C12H14F2O5S2/c1-2-20-8-10-5-3-9(4-6-10)7-19-11(15)12(13,14)21(16,17)18/h3-6H,2,7-8H2,1H3,(H,16,17,18). The van der Waals surface area contributed by atoms with Gasteiger partial charge in [-0.2, -0.15) is 29.0 Å². The van der Waals surface area contributed by atoms with Gasteiger partial charge in [0.25, 0.3) is 0 Å². The number of esters is 1. The molecule has 0 spiro atoms. The molecule has 9 heteroatoms. The van der Waals surface area contributed by atoms with Crippen molar-refractivity contribution in [1.29, 1.82) is 0 Å². The molecule has 0 radical (unpaired) electrons. The Bertz CT molecular complexity index is 584. The number of alkyl halides is 2. The summed E-state index contributed by atoms with van der Waals surface area (Å²) in [4.78, 5) is 11.0. The van der Waals surface area contributed by atoms with Crippen molar-refractivity contribution in [2.75, 3.05) is 5.75 Å². The van der Waals surface area contributed by atoms with E-state index in [4.69, 9.17) is 4.55 Å². The molecule has 0 aliphatic heterocycles. The van der Waals surface area contributed by atoms with Crippen LogP contribution in [-0.2, 0) is 32.0 Å². The summed E-state index contributed by atoms with van der Waals surface area (Å²) in [6.45, 7) is 1.51. The van der Waals surface area contributed by atoms with Crippen LogP contribution in [0.15, 0.2) is 24.3 Å². The molecule has 1 rings (SSSR count). The van der Waals surface area contributed by atoms with Crippen molar-refractivity contribution in [2.45, 2.75) is 24.5 Å². The van der Waals surface area contributed by atoms with Gasteiger partial charge < -0.3 is 4.74 Å². The highest BCUT2D eigenvalue weighted by Crippen LogP contribution is 2.23. The molecule has 0 amide bonds. The normalized spacial score (nSPS) is 12.2. The molecular weight excluding hydrogens is 326 g/mol. The van der Waals surface area contributed by atoms with Gasteiger partial charge in [0.15, 0.2) is 0 Å². The monoisotopic (exact) mass is 340 g/mol. The van der Waals surface area contributed by atoms with Gasteiger partial charge >= 0.3 is 21.3 Å². The molecule has 1 aromatic carbocycles. The van der Waals surface area contributed by atoms with Gasteiger partial charge in [0, 0.05) is 5.75 Å². The Morgan fingerprint density at radius 2 is 1.81 bits per heavy atom. The van der Waals surface area contributed by atoms with Gasteiger partial charge in [-0.1, -0.05) is 31.2 Å². The quantitative estimate of drug-likeness (QED) is 0.607. The Labute approximate surface area is 125 Å². The molecule has 1 aromatic rings. The lowest BCUT2D eigenvalue weighted by atomic mass is 10.2. The summed E-state index contributed by atoms with van der Waals surface area (Å²) in [5.74, 6) is -0.544. The van der Waals surface area contributed by atoms with E-state index in [1.807, 2.05) is 6.92 Å². The van der Waals surface area contributed by atoms with E-state index in [0.717, 1.165) is 17.1 Å². The second-order valence-corrected chi connectivity index (χ2v) is 6.76. The summed E-state index contributed by atoms with van der Waals surface area (Å²) in [7, 11) is -5.83. The van der Waals surface area contributed by atoms with Crippen molar-refractivity contribution >= 4 is 27.8 Å². The van der Waals surface area contributed by atoms with Crippen molar-refractivity contribution in [1.82, 2.24) is 0 Å². The van der Waals surface area contributed by atoms with E-state index in [-0.39, 0.29) is 0 Å². The van der Waals surface area contributed by atoms with Crippen molar-refractivity contribution in [3.63, 3.8) is 0 Å². The Morgan fingerprint density at radius 1 is 1.29 bits per heavy atom. The Hall–Kier alpha value is -1.19. The zero-order chi connectivity index (χ0) is 16.1. The highest BCUT2D eigenvalue weighted by atomic mass is 32.2. The molecule has 0 unspecified atom stereocenters. The van der Waals surface area contributed by atoms with E-state index in [1.165, 1.54) is 0 Å². The molecular formula is C12H14F2O5S2. The van der Waals surface area contributed by atoms with E-state index >= 15 is 0 Å². The maximum absolute atomic E-state index is 12.9. The fraction of sp³-hybridized carbons (Fsp3) is 0.417. The highest BCUT2D eigenvalue weighted by molar-refractivity contribution is 7.98. The van der Waals surface area contributed by atoms with Crippen LogP contribution in [-0.4, -0.2) is 29.9 Å². The topological polar surface area (TPSA) is 80.7 Å². The second kappa shape index (κ2) is 7.19. The van der Waals surface area contributed by atoms with Crippen LogP contribution in [0.5, 0.6) is 0 Å². The van der Waals surface area contributed by atoms with Gasteiger partial charge in [0.2, 0.25) is 0 Å². The van der Waals surface area contributed by atoms with Gasteiger partial charge in [-0.3, -0.25) is 4.55 Å². The van der Waals surface area contributed by atoms with Crippen LogP contribution in [0, 0.1) is 0 Å². The van der Waals surface area contributed by atoms with Crippen LogP contribution in [0.25, 0.3) is 0 Å². The Morgan fingerprint density at radius 3 is 2.29 bits per heavy atom. The lowest BCUT2D eigenvalue weighted by molar-refractivity contribution is -0.162. The number of rotatable bonds is 7. The minimum absolute atomic E-state index is 0.430. The summed E-state index contributed by atoms with van der Waals surface area (Å²) < 4.78 is 59.0. The van der Waals surface area contributed by atoms with Crippen molar-refractivity contribution in [2.24, 2.45) is 0 Å². The molecule has 0 bridgehead atoms. The van der Waals surface area contributed by atoms with E-state index < -0.39 is 27.9 Å². The first kappa shape index (κ1) is 17.9. The number of hydrogen-bond donors (Lipinski definition) is 1. The molecule has 0 heterocycles. The molecule has 5 nitrogen and oxygen atoms in total. The number of halogens is 2. The van der Waals surface area contributed by atoms with Gasteiger partial charge in [-0.25, -0.2) is 4.79 Å². The van der Waals surface area contributed by atoms with Crippen molar-refractivity contribution in [3.05, 3.63) is 35.4 Å². The SMILES string of the molecule is CCSCc1ccc(COC(=O)C(F)(F)S(=O)(=O)O)cc1. The van der Waals surface area contributed by atoms with E-state index in [0.29, 0.717) is 5.56 Å². The molecule has 0 fully saturated rings. The Balaban J connectivity index is 2.61. The van der Waals surface area contributed by atoms with Crippen LogP contribution in [0.1, 0.15) is 18.1 Å². The number of carbonyl (C=O) groups excluding carboxylic acids is 1. The van der Waals surface area contributed by atoms with Crippen LogP contribution in [0.4, 0.5) is 8.78 Å². The average molecular weight is 340 g/mol. The summed E-state index contributed by atoms with van der Waals surface area (Å²) in [6.07, 6.45) is 0. The van der Waals surface area contributed by atoms with Crippen molar-refractivity contribution < 1.29 is 31.3 Å². The average Bonchev–Trinajstić information content (AvgIpc) is 2.42. The molecule has 118 valence electrons. The van der Waals surface area contributed by atoms with E-state index in [2.05, 4.69) is 4.74 Å². The number of hydrogen-bond acceptors (Lipinski definition) is 5. The molecule has 0 saturated heterocycles. The third kappa shape index (κ3) is 4.94. The van der Waals surface area contributed by atoms with E-state index in [1.54, 1.807) is 36.0 Å². The lowest BCUT2D eigenvalue weighted by Gasteiger charge is -2.12. The summed E-state index contributed by atoms with van der Waals surface area (Å²) in [6, 6.07) is 6.69. The van der Waals surface area contributed by atoms with Gasteiger partial charge in [-0.05, 0) is 16.9 Å². The maximum atomic E-state index is 12.9. The first-order valence-corrected chi connectivity index (χ1v) is 8.45. The van der Waals surface area contributed by atoms with Gasteiger partial charge in [0.05, 0.1) is 0 Å². The van der Waals surface area contributed by atoms with Crippen LogP contribution >= 0.6 is 11.8 Å². The first-order chi connectivity index (χ1) is 9.68. The molecule has 1 N–H and O–H groups in total. The second-order valence-electron chi connectivity index (χ2n) is 4.02. The minimum Gasteiger partial charge on any atom is -0.455 e. The third-order valence-corrected chi connectivity index (χ3v) is 4.19. The van der Waals surface area contributed by atoms with Gasteiger partial charge in [-0.15, -0.1) is 0 Å². The fourth-order valence-electron chi connectivity index (χ4n) is 1.29. The number of thioether (sulfide) groups is 1. The number of carbonyl (C=O) groups is 1. The zero-order valence-corrected chi connectivity index (χ0v) is 12.7. The molecule has 0 saturated carbocycles. The number of benzene rings is 1. The first-order valence-electron chi connectivity index (χ1n) is 5.86. The molecule has 0 aliphatic carbocycles.